The fraction of sp³-hybridized carbons (Fsp3) is 0.263. The lowest BCUT2D eigenvalue weighted by Gasteiger charge is -2.25. The molecule has 0 fully saturated rings. The predicted molar refractivity (Wildman–Crippen MR) is 97.3 cm³/mol. The number of imidazole rings is 1. The van der Waals surface area contributed by atoms with Crippen LogP contribution < -0.4 is 10.6 Å². The molecule has 0 saturated heterocycles. The molecule has 0 aliphatic heterocycles. The van der Waals surface area contributed by atoms with E-state index >= 15 is 0 Å². The molecule has 0 saturated carbocycles. The second-order valence-corrected chi connectivity index (χ2v) is 6.43. The highest BCUT2D eigenvalue weighted by Gasteiger charge is 2.31. The van der Waals surface area contributed by atoms with Crippen LogP contribution in [0.1, 0.15) is 29.7 Å². The number of halogens is 3. The van der Waals surface area contributed by atoms with Gasteiger partial charge in [0.05, 0.1) is 29.1 Å². The van der Waals surface area contributed by atoms with Gasteiger partial charge in [0.1, 0.15) is 0 Å². The second-order valence-electron chi connectivity index (χ2n) is 6.43. The van der Waals surface area contributed by atoms with Gasteiger partial charge in [-0.2, -0.15) is 13.2 Å². The number of rotatable bonds is 5. The van der Waals surface area contributed by atoms with Gasteiger partial charge in [-0.3, -0.25) is 4.79 Å². The number of primary amides is 1. The van der Waals surface area contributed by atoms with Crippen LogP contribution >= 0.6 is 0 Å². The zero-order valence-electron chi connectivity index (χ0n) is 14.8. The number of anilines is 1. The molecule has 27 heavy (non-hydrogen) atoms. The summed E-state index contributed by atoms with van der Waals surface area (Å²) in [6, 6.07) is 10.3. The van der Waals surface area contributed by atoms with Gasteiger partial charge in [-0.1, -0.05) is 24.3 Å². The zero-order valence-corrected chi connectivity index (χ0v) is 14.8. The number of fused-ring (bicyclic) bond motifs is 1. The molecule has 0 radical (unpaired) electrons. The summed E-state index contributed by atoms with van der Waals surface area (Å²) in [5.41, 5.74) is 7.15. The standard InChI is InChI=1S/C19H19F3N4O/c1-11(12-5-3-7-14(9-12)19(20,21)22)26(2)18-24-15-8-4-6-13(10-16(23)27)17(15)25-18/h3-9,11H,10H2,1-2H3,(H2,23,27)(H,24,25)/t11-/m1/s1. The van der Waals surface area contributed by atoms with E-state index in [2.05, 4.69) is 9.97 Å². The molecule has 3 rings (SSSR count). The van der Waals surface area contributed by atoms with Crippen LogP contribution in [0.5, 0.6) is 0 Å². The molecule has 3 N–H and O–H groups in total. The quantitative estimate of drug-likeness (QED) is 0.711. The highest BCUT2D eigenvalue weighted by atomic mass is 19.4. The van der Waals surface area contributed by atoms with Gasteiger partial charge in [-0.25, -0.2) is 4.98 Å². The first-order chi connectivity index (χ1) is 12.7. The Morgan fingerprint density at radius 3 is 2.63 bits per heavy atom. The Morgan fingerprint density at radius 1 is 1.26 bits per heavy atom. The number of carbonyl (C=O) groups excluding carboxylic acids is 1. The maximum Gasteiger partial charge on any atom is 0.416 e. The third kappa shape index (κ3) is 3.89. The van der Waals surface area contributed by atoms with E-state index in [1.54, 1.807) is 37.1 Å². The number of alkyl halides is 3. The summed E-state index contributed by atoms with van der Waals surface area (Å²) in [6.07, 6.45) is -4.33. The lowest BCUT2D eigenvalue weighted by Crippen LogP contribution is -2.23. The Bertz CT molecular complexity index is 980. The topological polar surface area (TPSA) is 75.0 Å². The molecular weight excluding hydrogens is 357 g/mol. The van der Waals surface area contributed by atoms with Crippen molar-refractivity contribution in [1.82, 2.24) is 9.97 Å². The first kappa shape index (κ1) is 18.8. The van der Waals surface area contributed by atoms with Crippen LogP contribution in [0, 0.1) is 0 Å². The number of carbonyl (C=O) groups is 1. The number of H-pyrrole nitrogens is 1. The van der Waals surface area contributed by atoms with Crippen LogP contribution in [0.15, 0.2) is 42.5 Å². The number of amides is 1. The molecule has 0 aliphatic rings. The first-order valence-electron chi connectivity index (χ1n) is 8.32. The largest absolute Gasteiger partial charge is 0.416 e. The van der Waals surface area contributed by atoms with Gasteiger partial charge >= 0.3 is 6.18 Å². The number of hydrogen-bond donors (Lipinski definition) is 2. The Kier molecular flexibility index (Phi) is 4.82. The minimum absolute atomic E-state index is 0.0640. The second kappa shape index (κ2) is 6.94. The maximum atomic E-state index is 13.0. The molecular formula is C19H19F3N4O. The van der Waals surface area contributed by atoms with E-state index in [1.807, 2.05) is 6.07 Å². The number of benzene rings is 2. The number of aromatic amines is 1. The lowest BCUT2D eigenvalue weighted by atomic mass is 10.0. The van der Waals surface area contributed by atoms with Crippen molar-refractivity contribution in [1.29, 1.82) is 0 Å². The molecule has 0 spiro atoms. The van der Waals surface area contributed by atoms with Crippen molar-refractivity contribution < 1.29 is 18.0 Å². The van der Waals surface area contributed by atoms with Crippen molar-refractivity contribution >= 4 is 22.9 Å². The van der Waals surface area contributed by atoms with Crippen molar-refractivity contribution in [2.24, 2.45) is 5.73 Å². The van der Waals surface area contributed by atoms with E-state index in [4.69, 9.17) is 5.73 Å². The van der Waals surface area contributed by atoms with Gasteiger partial charge in [-0.05, 0) is 36.2 Å². The number of nitrogens with zero attached hydrogens (tertiary/aromatic N) is 2. The van der Waals surface area contributed by atoms with Crippen molar-refractivity contribution in [2.45, 2.75) is 25.6 Å². The normalized spacial score (nSPS) is 12.9. The maximum absolute atomic E-state index is 13.0. The molecule has 2 aromatic carbocycles. The zero-order chi connectivity index (χ0) is 19.8. The average molecular weight is 376 g/mol. The summed E-state index contributed by atoms with van der Waals surface area (Å²) in [5.74, 6) is 0.0320. The number of aromatic nitrogens is 2. The molecule has 8 heteroatoms. The fourth-order valence-electron chi connectivity index (χ4n) is 2.96. The highest BCUT2D eigenvalue weighted by Crippen LogP contribution is 2.32. The average Bonchev–Trinajstić information content (AvgIpc) is 3.05. The van der Waals surface area contributed by atoms with Gasteiger partial charge in [0, 0.05) is 7.05 Å². The van der Waals surface area contributed by atoms with Crippen LogP contribution in [0.2, 0.25) is 0 Å². The van der Waals surface area contributed by atoms with Crippen LogP contribution in [-0.4, -0.2) is 22.9 Å². The molecule has 1 atom stereocenters. The van der Waals surface area contributed by atoms with Gasteiger partial charge in [0.25, 0.3) is 0 Å². The van der Waals surface area contributed by atoms with E-state index in [0.29, 0.717) is 22.6 Å². The SMILES string of the molecule is C[C@H](c1cccc(C(F)(F)F)c1)N(C)c1nc2c(CC(N)=O)cccc2[nH]1. The van der Waals surface area contributed by atoms with E-state index in [0.717, 1.165) is 17.6 Å². The molecule has 142 valence electrons. The molecule has 5 nitrogen and oxygen atoms in total. The highest BCUT2D eigenvalue weighted by molar-refractivity contribution is 5.86. The molecule has 0 unspecified atom stereocenters. The summed E-state index contributed by atoms with van der Waals surface area (Å²) in [6.45, 7) is 1.80. The molecule has 1 heterocycles. The van der Waals surface area contributed by atoms with Gasteiger partial charge in [-0.15, -0.1) is 0 Å². The van der Waals surface area contributed by atoms with Crippen LogP contribution in [-0.2, 0) is 17.4 Å². The number of hydrogen-bond acceptors (Lipinski definition) is 3. The summed E-state index contributed by atoms with van der Waals surface area (Å²) >= 11 is 0. The summed E-state index contributed by atoms with van der Waals surface area (Å²) in [7, 11) is 1.75. The molecule has 0 bridgehead atoms. The minimum atomic E-state index is -4.39. The Hall–Kier alpha value is -3.03. The molecule has 1 aromatic heterocycles. The molecule has 0 aliphatic carbocycles. The van der Waals surface area contributed by atoms with Gasteiger partial charge < -0.3 is 15.6 Å². The van der Waals surface area contributed by atoms with Crippen LogP contribution in [0.4, 0.5) is 19.1 Å². The molecule has 1 amide bonds. The monoisotopic (exact) mass is 376 g/mol. The van der Waals surface area contributed by atoms with E-state index < -0.39 is 17.6 Å². The van der Waals surface area contributed by atoms with Crippen molar-refractivity contribution in [3.8, 4) is 0 Å². The summed E-state index contributed by atoms with van der Waals surface area (Å²) < 4.78 is 38.9. The Labute approximate surface area is 154 Å². The van der Waals surface area contributed by atoms with E-state index in [-0.39, 0.29) is 12.5 Å². The summed E-state index contributed by atoms with van der Waals surface area (Å²) in [5, 5.41) is 0. The van der Waals surface area contributed by atoms with Crippen molar-refractivity contribution in [3.63, 3.8) is 0 Å². The lowest BCUT2D eigenvalue weighted by molar-refractivity contribution is -0.137. The van der Waals surface area contributed by atoms with Crippen LogP contribution in [0.3, 0.4) is 0 Å². The van der Waals surface area contributed by atoms with Gasteiger partial charge in [0.15, 0.2) is 0 Å². The summed E-state index contributed by atoms with van der Waals surface area (Å²) in [4.78, 5) is 20.7. The minimum Gasteiger partial charge on any atom is -0.369 e. The Morgan fingerprint density at radius 2 is 1.96 bits per heavy atom. The first-order valence-corrected chi connectivity index (χ1v) is 8.32. The van der Waals surface area contributed by atoms with Crippen LogP contribution in [0.25, 0.3) is 11.0 Å². The third-order valence-electron chi connectivity index (χ3n) is 4.56. The number of nitrogens with two attached hydrogens (primary N) is 1. The van der Waals surface area contributed by atoms with Crippen molar-refractivity contribution in [2.75, 3.05) is 11.9 Å². The Balaban J connectivity index is 1.93. The predicted octanol–water partition coefficient (Wildman–Crippen LogP) is 3.81. The van der Waals surface area contributed by atoms with E-state index in [9.17, 15) is 18.0 Å². The smallest absolute Gasteiger partial charge is 0.369 e. The molecule has 3 aromatic rings. The van der Waals surface area contributed by atoms with Gasteiger partial charge in [0.2, 0.25) is 11.9 Å². The number of nitrogens with one attached hydrogen (secondary N) is 1. The van der Waals surface area contributed by atoms with E-state index in [1.165, 1.54) is 6.07 Å². The fourth-order valence-corrected chi connectivity index (χ4v) is 2.96. The number of para-hydroxylation sites is 1. The third-order valence-corrected chi connectivity index (χ3v) is 4.56. The van der Waals surface area contributed by atoms with Crippen molar-refractivity contribution in [3.05, 3.63) is 59.2 Å².